The van der Waals surface area contributed by atoms with Crippen molar-refractivity contribution in [1.29, 1.82) is 0 Å². The lowest BCUT2D eigenvalue weighted by molar-refractivity contribution is 0.0695. The van der Waals surface area contributed by atoms with Gasteiger partial charge in [0.05, 0.1) is 6.54 Å². The van der Waals surface area contributed by atoms with Gasteiger partial charge >= 0.3 is 0 Å². The summed E-state index contributed by atoms with van der Waals surface area (Å²) in [5, 5.41) is 0. The van der Waals surface area contributed by atoms with Crippen LogP contribution in [0.25, 0.3) is 0 Å². The predicted octanol–water partition coefficient (Wildman–Crippen LogP) is 2.32. The van der Waals surface area contributed by atoms with Crippen LogP contribution in [0.2, 0.25) is 0 Å². The topological polar surface area (TPSA) is 79.7 Å². The Kier molecular flexibility index (Phi) is 6.39. The van der Waals surface area contributed by atoms with Crippen LogP contribution in [0, 0.1) is 11.6 Å². The third-order valence-electron chi connectivity index (χ3n) is 5.48. The predicted molar refractivity (Wildman–Crippen MR) is 117 cm³/mol. The number of carbonyl (C=O) groups is 1. The lowest BCUT2D eigenvalue weighted by atomic mass is 10.2. The Labute approximate surface area is 189 Å². The van der Waals surface area contributed by atoms with Crippen molar-refractivity contribution in [3.8, 4) is 0 Å². The molecule has 0 atom stereocenters. The van der Waals surface area contributed by atoms with E-state index in [1.807, 2.05) is 30.3 Å². The summed E-state index contributed by atoms with van der Waals surface area (Å²) in [7, 11) is -4.26. The summed E-state index contributed by atoms with van der Waals surface area (Å²) in [5.41, 5.74) is 0.455. The number of benzene rings is 2. The molecule has 3 aromatic rings. The van der Waals surface area contributed by atoms with E-state index in [0.717, 1.165) is 22.0 Å². The minimum Gasteiger partial charge on any atom is -0.336 e. The first-order valence-corrected chi connectivity index (χ1v) is 11.7. The highest BCUT2D eigenvalue weighted by Crippen LogP contribution is 2.22. The molecule has 172 valence electrons. The fourth-order valence-corrected chi connectivity index (χ4v) is 5.22. The summed E-state index contributed by atoms with van der Waals surface area (Å²) < 4.78 is 55.4. The minimum absolute atomic E-state index is 0.0130. The van der Waals surface area contributed by atoms with E-state index < -0.39 is 38.0 Å². The van der Waals surface area contributed by atoms with Gasteiger partial charge in [0, 0.05) is 32.4 Å². The molecule has 0 unspecified atom stereocenters. The van der Waals surface area contributed by atoms with Crippen molar-refractivity contribution in [2.75, 3.05) is 26.2 Å². The molecule has 2 aromatic carbocycles. The number of carbonyl (C=O) groups excluding carboxylic acids is 1. The number of hydrogen-bond acceptors (Lipinski definition) is 4. The van der Waals surface area contributed by atoms with E-state index in [0.29, 0.717) is 12.6 Å². The quantitative estimate of drug-likeness (QED) is 0.570. The standard InChI is InChI=1S/C23H21F2N3O4S/c24-18-8-9-20(25)21(15-18)33(31,32)28-13-11-26(12-14-28)22(29)19-7-4-10-27(23(19)30)16-17-5-2-1-3-6-17/h1-10,15H,11-14,16H2. The highest BCUT2D eigenvalue weighted by Gasteiger charge is 2.33. The highest BCUT2D eigenvalue weighted by atomic mass is 32.2. The van der Waals surface area contributed by atoms with Crippen molar-refractivity contribution in [1.82, 2.24) is 13.8 Å². The summed E-state index contributed by atoms with van der Waals surface area (Å²) in [6.45, 7) is 0.139. The van der Waals surface area contributed by atoms with Gasteiger partial charge in [-0.3, -0.25) is 9.59 Å². The van der Waals surface area contributed by atoms with Gasteiger partial charge in [-0.15, -0.1) is 0 Å². The van der Waals surface area contributed by atoms with Crippen molar-refractivity contribution in [2.45, 2.75) is 11.4 Å². The van der Waals surface area contributed by atoms with Gasteiger partial charge in [0.25, 0.3) is 11.5 Å². The Bertz CT molecular complexity index is 1340. The molecule has 7 nitrogen and oxygen atoms in total. The van der Waals surface area contributed by atoms with Crippen molar-refractivity contribution in [3.05, 3.63) is 100.0 Å². The number of amides is 1. The van der Waals surface area contributed by atoms with Gasteiger partial charge in [-0.05, 0) is 35.9 Å². The fourth-order valence-electron chi connectivity index (χ4n) is 3.72. The molecule has 0 spiro atoms. The molecule has 33 heavy (non-hydrogen) atoms. The number of rotatable bonds is 5. The molecule has 0 aliphatic carbocycles. The zero-order chi connectivity index (χ0) is 23.6. The molecule has 10 heteroatoms. The SMILES string of the molecule is O=C(c1cccn(Cc2ccccc2)c1=O)N1CCN(S(=O)(=O)c2cc(F)ccc2F)CC1. The van der Waals surface area contributed by atoms with Gasteiger partial charge in [0.2, 0.25) is 10.0 Å². The smallest absolute Gasteiger partial charge is 0.263 e. The van der Waals surface area contributed by atoms with Crippen LogP contribution in [0.4, 0.5) is 8.78 Å². The number of pyridine rings is 1. The third kappa shape index (κ3) is 4.71. The molecule has 1 aromatic heterocycles. The largest absolute Gasteiger partial charge is 0.336 e. The summed E-state index contributed by atoms with van der Waals surface area (Å²) in [6.07, 6.45) is 1.60. The Morgan fingerprint density at radius 3 is 2.30 bits per heavy atom. The Hall–Kier alpha value is -3.37. The maximum atomic E-state index is 14.0. The maximum absolute atomic E-state index is 14.0. The van der Waals surface area contributed by atoms with Gasteiger partial charge in [-0.1, -0.05) is 30.3 Å². The first-order valence-electron chi connectivity index (χ1n) is 10.3. The van der Waals surface area contributed by atoms with E-state index in [-0.39, 0.29) is 31.7 Å². The van der Waals surface area contributed by atoms with Gasteiger partial charge in [-0.2, -0.15) is 4.31 Å². The summed E-state index contributed by atoms with van der Waals surface area (Å²) >= 11 is 0. The van der Waals surface area contributed by atoms with Gasteiger partial charge < -0.3 is 9.47 Å². The number of hydrogen-bond donors (Lipinski definition) is 0. The second-order valence-corrected chi connectivity index (χ2v) is 9.52. The molecular weight excluding hydrogens is 452 g/mol. The zero-order valence-electron chi connectivity index (χ0n) is 17.5. The monoisotopic (exact) mass is 473 g/mol. The van der Waals surface area contributed by atoms with E-state index in [2.05, 4.69) is 0 Å². The maximum Gasteiger partial charge on any atom is 0.263 e. The van der Waals surface area contributed by atoms with E-state index in [1.54, 1.807) is 12.3 Å². The van der Waals surface area contributed by atoms with Crippen LogP contribution in [0.3, 0.4) is 0 Å². The normalized spacial score (nSPS) is 14.9. The second kappa shape index (κ2) is 9.24. The average molecular weight is 474 g/mol. The molecule has 1 aliphatic rings. The van der Waals surface area contributed by atoms with Crippen LogP contribution in [0.15, 0.2) is 76.6 Å². The van der Waals surface area contributed by atoms with Crippen LogP contribution in [-0.4, -0.2) is 54.3 Å². The molecule has 0 saturated carbocycles. The summed E-state index contributed by atoms with van der Waals surface area (Å²) in [6, 6.07) is 14.6. The average Bonchev–Trinajstić information content (AvgIpc) is 2.82. The first kappa shape index (κ1) is 22.8. The van der Waals surface area contributed by atoms with Crippen molar-refractivity contribution in [2.24, 2.45) is 0 Å². The third-order valence-corrected chi connectivity index (χ3v) is 7.40. The molecule has 0 bridgehead atoms. The molecule has 0 N–H and O–H groups in total. The van der Waals surface area contributed by atoms with Crippen LogP contribution in [0.5, 0.6) is 0 Å². The van der Waals surface area contributed by atoms with E-state index >= 15 is 0 Å². The lowest BCUT2D eigenvalue weighted by Gasteiger charge is -2.34. The van der Waals surface area contributed by atoms with Crippen molar-refractivity contribution in [3.63, 3.8) is 0 Å². The molecule has 1 fully saturated rings. The molecule has 4 rings (SSSR count). The van der Waals surface area contributed by atoms with Crippen LogP contribution >= 0.6 is 0 Å². The molecule has 1 aliphatic heterocycles. The van der Waals surface area contributed by atoms with Gasteiger partial charge in [-0.25, -0.2) is 17.2 Å². The number of piperazine rings is 1. The van der Waals surface area contributed by atoms with Crippen LogP contribution in [-0.2, 0) is 16.6 Å². The molecular formula is C23H21F2N3O4S. The zero-order valence-corrected chi connectivity index (χ0v) is 18.3. The number of halogens is 2. The summed E-state index contributed by atoms with van der Waals surface area (Å²) in [5.74, 6) is -2.41. The second-order valence-electron chi connectivity index (χ2n) is 7.61. The number of nitrogens with zero attached hydrogens (tertiary/aromatic N) is 3. The fraction of sp³-hybridized carbons (Fsp3) is 0.217. The highest BCUT2D eigenvalue weighted by molar-refractivity contribution is 7.89. The van der Waals surface area contributed by atoms with E-state index in [9.17, 15) is 26.8 Å². The Morgan fingerprint density at radius 1 is 0.909 bits per heavy atom. The number of sulfonamides is 1. The van der Waals surface area contributed by atoms with E-state index in [1.165, 1.54) is 15.5 Å². The Balaban J connectivity index is 1.48. The van der Waals surface area contributed by atoms with Crippen LogP contribution in [0.1, 0.15) is 15.9 Å². The van der Waals surface area contributed by atoms with Gasteiger partial charge in [0.1, 0.15) is 22.1 Å². The van der Waals surface area contributed by atoms with Crippen molar-refractivity contribution >= 4 is 15.9 Å². The number of aromatic nitrogens is 1. The molecule has 2 heterocycles. The minimum atomic E-state index is -4.26. The summed E-state index contributed by atoms with van der Waals surface area (Å²) in [4.78, 5) is 26.5. The molecule has 1 saturated heterocycles. The van der Waals surface area contributed by atoms with Crippen LogP contribution < -0.4 is 5.56 Å². The van der Waals surface area contributed by atoms with Crippen molar-refractivity contribution < 1.29 is 22.0 Å². The van der Waals surface area contributed by atoms with E-state index in [4.69, 9.17) is 0 Å². The molecule has 0 radical (unpaired) electrons. The Morgan fingerprint density at radius 2 is 1.61 bits per heavy atom. The molecule has 1 amide bonds. The lowest BCUT2D eigenvalue weighted by Crippen LogP contribution is -2.51. The first-order chi connectivity index (χ1) is 15.8. The van der Waals surface area contributed by atoms with Gasteiger partial charge in [0.15, 0.2) is 0 Å².